The Hall–Kier alpha value is -4.67. The van der Waals surface area contributed by atoms with Gasteiger partial charge in [-0.2, -0.15) is 13.2 Å². The monoisotopic (exact) mass is 673 g/mol. The van der Waals surface area contributed by atoms with Crippen LogP contribution in [0.15, 0.2) is 73.1 Å². The molecule has 1 aliphatic carbocycles. The summed E-state index contributed by atoms with van der Waals surface area (Å²) in [7, 11) is 0. The quantitative estimate of drug-likeness (QED) is 0.212. The molecule has 2 aromatic heterocycles. The number of likely N-dealkylation sites (tertiary alicyclic amines) is 1. The number of nitrogens with zero attached hydrogens (tertiary/aromatic N) is 4. The molecule has 2 amide bonds. The van der Waals surface area contributed by atoms with Crippen molar-refractivity contribution in [3.8, 4) is 0 Å². The van der Waals surface area contributed by atoms with E-state index in [-0.39, 0.29) is 23.8 Å². The Morgan fingerprint density at radius 2 is 1.65 bits per heavy atom. The molecule has 0 unspecified atom stereocenters. The van der Waals surface area contributed by atoms with Crippen LogP contribution < -0.4 is 10.2 Å². The van der Waals surface area contributed by atoms with Crippen LogP contribution in [0, 0.1) is 18.3 Å². The highest BCUT2D eigenvalue weighted by Crippen LogP contribution is 2.54. The summed E-state index contributed by atoms with van der Waals surface area (Å²) >= 11 is 0. The van der Waals surface area contributed by atoms with Gasteiger partial charge in [0, 0.05) is 41.7 Å². The van der Waals surface area contributed by atoms with Crippen molar-refractivity contribution in [3.05, 3.63) is 89.7 Å². The summed E-state index contributed by atoms with van der Waals surface area (Å²) in [4.78, 5) is 40.3. The Kier molecular flexibility index (Phi) is 9.06. The zero-order valence-electron chi connectivity index (χ0n) is 28.2. The lowest BCUT2D eigenvalue weighted by Gasteiger charge is -2.57. The van der Waals surface area contributed by atoms with Crippen molar-refractivity contribution in [2.45, 2.75) is 84.0 Å². The van der Waals surface area contributed by atoms with Crippen molar-refractivity contribution in [1.29, 1.82) is 0 Å². The van der Waals surface area contributed by atoms with Crippen LogP contribution in [0.1, 0.15) is 76.0 Å². The molecule has 258 valence electrons. The SMILES string of the molecule is Cc1ccc(NC(=O)[C@H]2CCCN(C(=O)O)[C@@]2(c2ccc(N(c3nccc4cccnc34)C3CCCC3)cc2)C(C)(C)C)cc1C(F)(F)F. The van der Waals surface area contributed by atoms with E-state index in [2.05, 4.69) is 15.2 Å². The fourth-order valence-electron chi connectivity index (χ4n) is 8.26. The number of hydrogen-bond donors (Lipinski definition) is 2. The molecule has 2 atom stereocenters. The van der Waals surface area contributed by atoms with Crippen molar-refractivity contribution < 1.29 is 27.9 Å². The van der Waals surface area contributed by atoms with E-state index in [1.807, 2.05) is 63.2 Å². The van der Waals surface area contributed by atoms with Gasteiger partial charge in [0.25, 0.3) is 0 Å². The number of carboxylic acid groups (broad SMARTS) is 1. The van der Waals surface area contributed by atoms with Gasteiger partial charge in [-0.05, 0) is 85.5 Å². The van der Waals surface area contributed by atoms with E-state index >= 15 is 0 Å². The molecule has 8 nitrogen and oxygen atoms in total. The molecule has 3 heterocycles. The summed E-state index contributed by atoms with van der Waals surface area (Å²) in [6.45, 7) is 7.31. The first kappa shape index (κ1) is 34.2. The molecule has 2 N–H and O–H groups in total. The molecular formula is C38H42F3N5O3. The summed E-state index contributed by atoms with van der Waals surface area (Å²) in [5.74, 6) is -0.670. The highest BCUT2D eigenvalue weighted by molar-refractivity contribution is 5.95. The van der Waals surface area contributed by atoms with Gasteiger partial charge >= 0.3 is 12.3 Å². The van der Waals surface area contributed by atoms with Crippen LogP contribution in [0.3, 0.4) is 0 Å². The van der Waals surface area contributed by atoms with Gasteiger partial charge in [0.15, 0.2) is 5.82 Å². The number of amides is 2. The van der Waals surface area contributed by atoms with E-state index in [1.165, 1.54) is 24.0 Å². The highest BCUT2D eigenvalue weighted by Gasteiger charge is 2.59. The predicted molar refractivity (Wildman–Crippen MR) is 184 cm³/mol. The molecule has 4 aromatic rings. The molecule has 0 spiro atoms. The van der Waals surface area contributed by atoms with Crippen LogP contribution in [0.5, 0.6) is 0 Å². The topological polar surface area (TPSA) is 98.7 Å². The van der Waals surface area contributed by atoms with Gasteiger partial charge in [-0.25, -0.2) is 9.78 Å². The second kappa shape index (κ2) is 13.0. The second-order valence-electron chi connectivity index (χ2n) is 14.2. The second-order valence-corrected chi connectivity index (χ2v) is 14.2. The minimum absolute atomic E-state index is 0.0110. The lowest BCUT2D eigenvalue weighted by Crippen LogP contribution is -2.65. The zero-order valence-corrected chi connectivity index (χ0v) is 28.2. The molecule has 0 bridgehead atoms. The van der Waals surface area contributed by atoms with Crippen LogP contribution >= 0.6 is 0 Å². The van der Waals surface area contributed by atoms with Crippen LogP contribution in [0.25, 0.3) is 10.9 Å². The van der Waals surface area contributed by atoms with Crippen molar-refractivity contribution in [2.24, 2.45) is 11.3 Å². The van der Waals surface area contributed by atoms with Gasteiger partial charge in [-0.3, -0.25) is 14.7 Å². The normalized spacial score (nSPS) is 20.4. The van der Waals surface area contributed by atoms with Crippen molar-refractivity contribution in [1.82, 2.24) is 14.9 Å². The molecule has 6 rings (SSSR count). The molecule has 11 heteroatoms. The van der Waals surface area contributed by atoms with Gasteiger partial charge in [0.2, 0.25) is 5.91 Å². The van der Waals surface area contributed by atoms with E-state index in [9.17, 15) is 27.9 Å². The zero-order chi connectivity index (χ0) is 35.1. The molecule has 2 fully saturated rings. The number of anilines is 3. The first-order valence-electron chi connectivity index (χ1n) is 16.8. The fourth-order valence-corrected chi connectivity index (χ4v) is 8.26. The number of halogens is 3. The van der Waals surface area contributed by atoms with E-state index in [4.69, 9.17) is 4.98 Å². The third-order valence-corrected chi connectivity index (χ3v) is 10.3. The van der Waals surface area contributed by atoms with E-state index < -0.39 is 40.6 Å². The predicted octanol–water partition coefficient (Wildman–Crippen LogP) is 9.31. The number of hydrogen-bond acceptors (Lipinski definition) is 5. The lowest BCUT2D eigenvalue weighted by molar-refractivity contribution is -0.138. The van der Waals surface area contributed by atoms with E-state index in [0.717, 1.165) is 54.2 Å². The molecule has 1 saturated heterocycles. The minimum atomic E-state index is -4.59. The number of benzene rings is 2. The van der Waals surface area contributed by atoms with E-state index in [1.54, 1.807) is 12.4 Å². The molecule has 2 aliphatic rings. The Morgan fingerprint density at radius 1 is 0.939 bits per heavy atom. The average Bonchev–Trinajstić information content (AvgIpc) is 3.59. The molecule has 49 heavy (non-hydrogen) atoms. The number of aromatic nitrogens is 2. The molecule has 2 aromatic carbocycles. The highest BCUT2D eigenvalue weighted by atomic mass is 19.4. The Labute approximate surface area is 284 Å². The third-order valence-electron chi connectivity index (χ3n) is 10.3. The van der Waals surface area contributed by atoms with Crippen LogP contribution in [-0.4, -0.2) is 44.6 Å². The summed E-state index contributed by atoms with van der Waals surface area (Å²) in [6.07, 6.45) is 2.74. The first-order valence-corrected chi connectivity index (χ1v) is 16.8. The molecular weight excluding hydrogens is 631 g/mol. The summed E-state index contributed by atoms with van der Waals surface area (Å²) < 4.78 is 41.2. The van der Waals surface area contributed by atoms with Gasteiger partial charge in [0.05, 0.1) is 17.0 Å². The molecule has 1 saturated carbocycles. The Bertz CT molecular complexity index is 1850. The number of rotatable bonds is 6. The largest absolute Gasteiger partial charge is 0.465 e. The molecule has 0 radical (unpaired) electrons. The van der Waals surface area contributed by atoms with Crippen LogP contribution in [0.2, 0.25) is 0 Å². The van der Waals surface area contributed by atoms with Crippen molar-refractivity contribution >= 4 is 40.1 Å². The fraction of sp³-hybridized carbons (Fsp3) is 0.421. The number of nitrogens with one attached hydrogen (secondary N) is 1. The number of alkyl halides is 3. The lowest BCUT2D eigenvalue weighted by atomic mass is 9.58. The standard InChI is InChI=1S/C38H42F3N5O3/c1-24-13-16-27(23-31(24)38(39,40)41)44-34(47)30-12-8-22-45(35(48)49)37(30,36(2,3)4)26-14-17-29(18-15-26)46(28-10-5-6-11-28)33-32-25(19-21-43-33)9-7-20-42-32/h7,9,13-21,23,28,30H,5-6,8,10-12,22H2,1-4H3,(H,44,47)(H,48,49)/t30-,37-/m1/s1. The van der Waals surface area contributed by atoms with Gasteiger partial charge in [0.1, 0.15) is 5.52 Å². The van der Waals surface area contributed by atoms with Crippen molar-refractivity contribution in [3.63, 3.8) is 0 Å². The summed E-state index contributed by atoms with van der Waals surface area (Å²) in [5.41, 5.74) is -0.604. The average molecular weight is 674 g/mol. The minimum Gasteiger partial charge on any atom is -0.465 e. The first-order chi connectivity index (χ1) is 23.2. The van der Waals surface area contributed by atoms with Gasteiger partial charge in [-0.1, -0.05) is 57.9 Å². The Morgan fingerprint density at radius 3 is 2.31 bits per heavy atom. The van der Waals surface area contributed by atoms with Crippen molar-refractivity contribution in [2.75, 3.05) is 16.8 Å². The molecule has 1 aliphatic heterocycles. The number of carbonyl (C=O) groups excluding carboxylic acids is 1. The van der Waals surface area contributed by atoms with E-state index in [0.29, 0.717) is 18.4 Å². The number of piperidine rings is 1. The Balaban J connectivity index is 1.45. The maximum atomic E-state index is 14.2. The summed E-state index contributed by atoms with van der Waals surface area (Å²) in [5, 5.41) is 14.3. The maximum absolute atomic E-state index is 14.2. The maximum Gasteiger partial charge on any atom is 0.416 e. The summed E-state index contributed by atoms with van der Waals surface area (Å²) in [6, 6.07) is 17.5. The van der Waals surface area contributed by atoms with Crippen LogP contribution in [-0.2, 0) is 16.5 Å². The number of pyridine rings is 2. The van der Waals surface area contributed by atoms with Crippen LogP contribution in [0.4, 0.5) is 35.2 Å². The number of aryl methyl sites for hydroxylation is 1. The number of carbonyl (C=O) groups is 2. The smallest absolute Gasteiger partial charge is 0.416 e. The number of fused-ring (bicyclic) bond motifs is 1. The third kappa shape index (κ3) is 6.19. The van der Waals surface area contributed by atoms with Gasteiger partial charge in [-0.15, -0.1) is 0 Å². The van der Waals surface area contributed by atoms with Gasteiger partial charge < -0.3 is 15.3 Å².